The van der Waals surface area contributed by atoms with Crippen molar-refractivity contribution in [3.8, 4) is 0 Å². The number of carbonyl (C=O) groups is 2. The van der Waals surface area contributed by atoms with Crippen LogP contribution >= 0.6 is 0 Å². The van der Waals surface area contributed by atoms with Crippen LogP contribution in [0.2, 0.25) is 0 Å². The molecule has 1 N–H and O–H groups in total. The Morgan fingerprint density at radius 2 is 1.39 bits per heavy atom. The van der Waals surface area contributed by atoms with Gasteiger partial charge in [0.2, 0.25) is 5.91 Å². The van der Waals surface area contributed by atoms with E-state index in [0.717, 1.165) is 51.1 Å². The van der Waals surface area contributed by atoms with Crippen molar-refractivity contribution in [3.05, 3.63) is 71.8 Å². The molecule has 2 aromatic carbocycles. The normalized spacial score (nSPS) is 18.6. The molecule has 31 heavy (non-hydrogen) atoms. The minimum atomic E-state index is 0.0759. The first-order chi connectivity index (χ1) is 15.2. The van der Waals surface area contributed by atoms with Gasteiger partial charge in [-0.3, -0.25) is 19.4 Å². The van der Waals surface area contributed by atoms with Gasteiger partial charge in [0.1, 0.15) is 0 Å². The fourth-order valence-electron chi connectivity index (χ4n) is 4.43. The summed E-state index contributed by atoms with van der Waals surface area (Å²) in [5.41, 5.74) is 2.07. The van der Waals surface area contributed by atoms with E-state index in [9.17, 15) is 9.59 Å². The quantitative estimate of drug-likeness (QED) is 0.779. The fraction of sp³-hybridized carbons (Fsp3) is 0.440. The van der Waals surface area contributed by atoms with E-state index >= 15 is 0 Å². The van der Waals surface area contributed by atoms with E-state index in [1.54, 1.807) is 0 Å². The second kappa shape index (κ2) is 10.6. The van der Waals surface area contributed by atoms with Crippen LogP contribution in [0.4, 0.5) is 0 Å². The molecule has 164 valence electrons. The lowest BCUT2D eigenvalue weighted by Crippen LogP contribution is -2.52. The number of carbonyl (C=O) groups excluding carboxylic acids is 2. The van der Waals surface area contributed by atoms with Crippen LogP contribution in [0, 0.1) is 0 Å². The van der Waals surface area contributed by atoms with Gasteiger partial charge in [-0.2, -0.15) is 0 Å². The van der Waals surface area contributed by atoms with Crippen molar-refractivity contribution < 1.29 is 9.59 Å². The predicted octanol–water partition coefficient (Wildman–Crippen LogP) is 2.23. The second-order valence-corrected chi connectivity index (χ2v) is 8.54. The molecule has 0 atom stereocenters. The zero-order valence-corrected chi connectivity index (χ0v) is 18.1. The number of likely N-dealkylation sites (tertiary alicyclic amines) is 1. The minimum absolute atomic E-state index is 0.0759. The Labute approximate surface area is 184 Å². The summed E-state index contributed by atoms with van der Waals surface area (Å²) in [6.07, 6.45) is 2.00. The van der Waals surface area contributed by atoms with Crippen LogP contribution in [0.1, 0.15) is 28.8 Å². The fourth-order valence-corrected chi connectivity index (χ4v) is 4.43. The molecule has 2 saturated heterocycles. The number of hydrogen-bond acceptors (Lipinski definition) is 4. The van der Waals surface area contributed by atoms with Crippen LogP contribution in [0.25, 0.3) is 0 Å². The summed E-state index contributed by atoms with van der Waals surface area (Å²) in [7, 11) is 0. The highest BCUT2D eigenvalue weighted by Crippen LogP contribution is 2.14. The third-order valence-electron chi connectivity index (χ3n) is 6.25. The molecule has 2 aliphatic heterocycles. The topological polar surface area (TPSA) is 55.9 Å². The lowest BCUT2D eigenvalue weighted by atomic mass is 10.0. The van der Waals surface area contributed by atoms with Crippen LogP contribution in [0.15, 0.2) is 60.7 Å². The third-order valence-corrected chi connectivity index (χ3v) is 6.25. The Kier molecular flexibility index (Phi) is 7.33. The van der Waals surface area contributed by atoms with Gasteiger partial charge in [0, 0.05) is 57.4 Å². The molecule has 2 fully saturated rings. The summed E-state index contributed by atoms with van der Waals surface area (Å²) in [5.74, 6) is 0.177. The standard InChI is InChI=1S/C25H32N4O2/c30-24(26-23-11-13-27(14-12-23)19-21-7-3-1-4-8-21)20-28-15-17-29(18-16-28)25(31)22-9-5-2-6-10-22/h1-10,23H,11-20H2,(H,26,30). The SMILES string of the molecule is O=C(CN1CCN(C(=O)c2ccccc2)CC1)NC1CCN(Cc2ccccc2)CC1. The maximum atomic E-state index is 12.6. The van der Waals surface area contributed by atoms with Gasteiger partial charge in [0.15, 0.2) is 0 Å². The lowest BCUT2D eigenvalue weighted by molar-refractivity contribution is -0.123. The van der Waals surface area contributed by atoms with Crippen LogP contribution in [-0.4, -0.2) is 78.4 Å². The monoisotopic (exact) mass is 420 g/mol. The van der Waals surface area contributed by atoms with Crippen molar-refractivity contribution >= 4 is 11.8 Å². The zero-order valence-electron chi connectivity index (χ0n) is 18.1. The van der Waals surface area contributed by atoms with E-state index in [1.807, 2.05) is 41.3 Å². The van der Waals surface area contributed by atoms with Gasteiger partial charge in [-0.05, 0) is 30.5 Å². The van der Waals surface area contributed by atoms with Crippen molar-refractivity contribution in [3.63, 3.8) is 0 Å². The van der Waals surface area contributed by atoms with Gasteiger partial charge >= 0.3 is 0 Å². The van der Waals surface area contributed by atoms with Crippen LogP contribution in [0.5, 0.6) is 0 Å². The molecule has 0 saturated carbocycles. The molecular formula is C25H32N4O2. The van der Waals surface area contributed by atoms with Gasteiger partial charge in [-0.1, -0.05) is 48.5 Å². The Morgan fingerprint density at radius 1 is 0.774 bits per heavy atom. The van der Waals surface area contributed by atoms with Gasteiger partial charge < -0.3 is 10.2 Å². The maximum absolute atomic E-state index is 12.6. The summed E-state index contributed by atoms with van der Waals surface area (Å²) in [5, 5.41) is 3.22. The number of hydrogen-bond donors (Lipinski definition) is 1. The molecule has 0 aliphatic carbocycles. The van der Waals surface area contributed by atoms with E-state index in [4.69, 9.17) is 0 Å². The number of rotatable bonds is 6. The number of piperidine rings is 1. The van der Waals surface area contributed by atoms with Crippen molar-refractivity contribution in [1.82, 2.24) is 20.0 Å². The summed E-state index contributed by atoms with van der Waals surface area (Å²) in [6.45, 7) is 6.23. The molecular weight excluding hydrogens is 388 g/mol. The molecule has 2 amide bonds. The van der Waals surface area contributed by atoms with Crippen molar-refractivity contribution in [1.29, 1.82) is 0 Å². The number of nitrogens with zero attached hydrogens (tertiary/aromatic N) is 3. The third kappa shape index (κ3) is 6.15. The zero-order chi connectivity index (χ0) is 21.5. The van der Waals surface area contributed by atoms with E-state index < -0.39 is 0 Å². The van der Waals surface area contributed by atoms with Gasteiger partial charge in [0.05, 0.1) is 6.54 Å². The molecule has 6 heteroatoms. The smallest absolute Gasteiger partial charge is 0.253 e. The summed E-state index contributed by atoms with van der Waals surface area (Å²) >= 11 is 0. The molecule has 0 bridgehead atoms. The Balaban J connectivity index is 1.15. The number of benzene rings is 2. The van der Waals surface area contributed by atoms with Crippen molar-refractivity contribution in [2.24, 2.45) is 0 Å². The Morgan fingerprint density at radius 3 is 2.03 bits per heavy atom. The highest BCUT2D eigenvalue weighted by molar-refractivity contribution is 5.94. The van der Waals surface area contributed by atoms with E-state index in [2.05, 4.69) is 39.4 Å². The molecule has 0 spiro atoms. The van der Waals surface area contributed by atoms with Crippen molar-refractivity contribution in [2.45, 2.75) is 25.4 Å². The number of amides is 2. The van der Waals surface area contributed by atoms with Crippen LogP contribution in [-0.2, 0) is 11.3 Å². The van der Waals surface area contributed by atoms with Crippen LogP contribution in [0.3, 0.4) is 0 Å². The van der Waals surface area contributed by atoms with Gasteiger partial charge in [-0.15, -0.1) is 0 Å². The predicted molar refractivity (Wildman–Crippen MR) is 122 cm³/mol. The summed E-state index contributed by atoms with van der Waals surface area (Å²) in [4.78, 5) is 31.6. The lowest BCUT2D eigenvalue weighted by Gasteiger charge is -2.35. The molecule has 0 aromatic heterocycles. The molecule has 0 radical (unpaired) electrons. The van der Waals surface area contributed by atoms with Crippen LogP contribution < -0.4 is 5.32 Å². The first-order valence-corrected chi connectivity index (χ1v) is 11.3. The maximum Gasteiger partial charge on any atom is 0.253 e. The molecule has 2 aromatic rings. The number of piperazine rings is 1. The summed E-state index contributed by atoms with van der Waals surface area (Å²) < 4.78 is 0. The average molecular weight is 421 g/mol. The molecule has 2 heterocycles. The first kappa shape index (κ1) is 21.5. The average Bonchev–Trinajstić information content (AvgIpc) is 2.82. The highest BCUT2D eigenvalue weighted by atomic mass is 16.2. The van der Waals surface area contributed by atoms with E-state index in [0.29, 0.717) is 19.6 Å². The molecule has 4 rings (SSSR count). The first-order valence-electron chi connectivity index (χ1n) is 11.3. The Bertz CT molecular complexity index is 842. The largest absolute Gasteiger partial charge is 0.352 e. The van der Waals surface area contributed by atoms with Crippen molar-refractivity contribution in [2.75, 3.05) is 45.8 Å². The second-order valence-electron chi connectivity index (χ2n) is 8.54. The number of nitrogens with one attached hydrogen (secondary N) is 1. The highest BCUT2D eigenvalue weighted by Gasteiger charge is 2.25. The summed E-state index contributed by atoms with van der Waals surface area (Å²) in [6, 6.07) is 20.2. The van der Waals surface area contributed by atoms with E-state index in [1.165, 1.54) is 5.56 Å². The minimum Gasteiger partial charge on any atom is -0.352 e. The van der Waals surface area contributed by atoms with Gasteiger partial charge in [0.25, 0.3) is 5.91 Å². The Hall–Kier alpha value is -2.70. The molecule has 0 unspecified atom stereocenters. The van der Waals surface area contributed by atoms with E-state index in [-0.39, 0.29) is 17.9 Å². The van der Waals surface area contributed by atoms with Gasteiger partial charge in [-0.25, -0.2) is 0 Å². The molecule has 6 nitrogen and oxygen atoms in total. The molecule has 2 aliphatic rings.